The molecular formula is C19H23F3N4S. The molecule has 1 aromatic rings. The van der Waals surface area contributed by atoms with E-state index in [1.165, 1.54) is 23.4 Å². The highest BCUT2D eigenvalue weighted by molar-refractivity contribution is 8.14. The van der Waals surface area contributed by atoms with Crippen LogP contribution in [0.3, 0.4) is 0 Å². The van der Waals surface area contributed by atoms with Gasteiger partial charge in [-0.1, -0.05) is 12.8 Å². The molecule has 1 fully saturated rings. The van der Waals surface area contributed by atoms with Crippen molar-refractivity contribution in [1.82, 2.24) is 15.4 Å². The maximum absolute atomic E-state index is 12.8. The molecule has 146 valence electrons. The van der Waals surface area contributed by atoms with Gasteiger partial charge in [0.2, 0.25) is 0 Å². The van der Waals surface area contributed by atoms with Gasteiger partial charge in [0.15, 0.2) is 0 Å². The number of hydrogen-bond acceptors (Lipinski definition) is 3. The summed E-state index contributed by atoms with van der Waals surface area (Å²) in [5, 5.41) is 9.20. The first-order valence-electron chi connectivity index (χ1n) is 8.79. The average molecular weight is 396 g/mol. The molecule has 1 saturated carbocycles. The van der Waals surface area contributed by atoms with Crippen molar-refractivity contribution in [1.29, 1.82) is 5.41 Å². The van der Waals surface area contributed by atoms with Gasteiger partial charge in [-0.3, -0.25) is 15.4 Å². The molecule has 0 aromatic carbocycles. The summed E-state index contributed by atoms with van der Waals surface area (Å²) in [5.41, 5.74) is 4.68. The van der Waals surface area contributed by atoms with Crippen LogP contribution in [0, 0.1) is 5.41 Å². The van der Waals surface area contributed by atoms with E-state index in [9.17, 15) is 13.2 Å². The van der Waals surface area contributed by atoms with Crippen molar-refractivity contribution < 1.29 is 13.2 Å². The number of aromatic nitrogens is 1. The summed E-state index contributed by atoms with van der Waals surface area (Å²) in [5.74, 6) is 5.47. The average Bonchev–Trinajstić information content (AvgIpc) is 3.46. The number of hydrazine groups is 1. The van der Waals surface area contributed by atoms with E-state index in [4.69, 9.17) is 5.41 Å². The number of nitrogens with zero attached hydrogens (tertiary/aromatic N) is 2. The third-order valence-electron chi connectivity index (χ3n) is 4.65. The summed E-state index contributed by atoms with van der Waals surface area (Å²) in [6, 6.07) is 2.17. The van der Waals surface area contributed by atoms with Crippen LogP contribution >= 0.6 is 10.5 Å². The largest absolute Gasteiger partial charge is 0.414 e. The third-order valence-corrected chi connectivity index (χ3v) is 6.28. The maximum Gasteiger partial charge on any atom is 0.414 e. The van der Waals surface area contributed by atoms with Crippen molar-refractivity contribution in [3.05, 3.63) is 41.4 Å². The fourth-order valence-electron chi connectivity index (χ4n) is 2.86. The molecule has 0 saturated heterocycles. The number of halogens is 3. The molecule has 8 heteroatoms. The van der Waals surface area contributed by atoms with Gasteiger partial charge in [0.25, 0.3) is 0 Å². The number of alkyl halides is 3. The van der Waals surface area contributed by atoms with E-state index in [-0.39, 0.29) is 22.9 Å². The first-order valence-corrected chi connectivity index (χ1v) is 10.4. The normalized spacial score (nSPS) is 19.9. The number of hydrogen-bond donors (Lipinski definition) is 2. The zero-order chi connectivity index (χ0) is 19.8. The Balaban J connectivity index is 1.89. The van der Waals surface area contributed by atoms with E-state index >= 15 is 0 Å². The summed E-state index contributed by atoms with van der Waals surface area (Å²) in [7, 11) is -0.211. The number of rotatable bonds is 5. The van der Waals surface area contributed by atoms with Crippen molar-refractivity contribution in [3.63, 3.8) is 0 Å². The molecule has 0 radical (unpaired) electrons. The lowest BCUT2D eigenvalue weighted by molar-refractivity contribution is -0.0941. The second-order valence-corrected chi connectivity index (χ2v) is 8.74. The molecule has 27 heavy (non-hydrogen) atoms. The van der Waals surface area contributed by atoms with Crippen molar-refractivity contribution in [3.8, 4) is 0 Å². The molecule has 2 aliphatic rings. The fourth-order valence-corrected chi connectivity index (χ4v) is 3.97. The molecule has 2 heterocycles. The van der Waals surface area contributed by atoms with Gasteiger partial charge in [-0.15, -0.1) is 0 Å². The van der Waals surface area contributed by atoms with Crippen LogP contribution in [0.2, 0.25) is 0 Å². The van der Waals surface area contributed by atoms with Crippen molar-refractivity contribution in [2.75, 3.05) is 12.3 Å². The van der Waals surface area contributed by atoms with Gasteiger partial charge in [-0.05, 0) is 54.7 Å². The molecule has 1 unspecified atom stereocenters. The zero-order valence-corrected chi connectivity index (χ0v) is 16.2. The Morgan fingerprint density at radius 1 is 1.48 bits per heavy atom. The van der Waals surface area contributed by atoms with Crippen LogP contribution < -0.4 is 5.43 Å². The number of amidine groups is 1. The van der Waals surface area contributed by atoms with E-state index in [2.05, 4.69) is 29.3 Å². The molecule has 1 aliphatic carbocycles. The molecule has 1 atom stereocenters. The molecule has 4 nitrogen and oxygen atoms in total. The minimum absolute atomic E-state index is 0.211. The highest BCUT2D eigenvalue weighted by Gasteiger charge is 2.36. The Hall–Kier alpha value is -1.93. The summed E-state index contributed by atoms with van der Waals surface area (Å²) < 4.78 is 38.4. The van der Waals surface area contributed by atoms with Crippen LogP contribution in [0.1, 0.15) is 43.9 Å². The van der Waals surface area contributed by atoms with Gasteiger partial charge in [0, 0.05) is 23.8 Å². The maximum atomic E-state index is 12.8. The van der Waals surface area contributed by atoms with Crippen LogP contribution in [0.25, 0.3) is 5.57 Å². The van der Waals surface area contributed by atoms with Crippen LogP contribution in [0.4, 0.5) is 13.2 Å². The van der Waals surface area contributed by atoms with Crippen molar-refractivity contribution >= 4 is 27.8 Å². The fraction of sp³-hybridized carbons (Fsp3) is 0.421. The smallest absolute Gasteiger partial charge is 0.283 e. The van der Waals surface area contributed by atoms with Gasteiger partial charge in [-0.25, -0.2) is 5.43 Å². The molecule has 0 amide bonds. The third kappa shape index (κ3) is 4.50. The lowest BCUT2D eigenvalue weighted by Crippen LogP contribution is -2.44. The molecular weight excluding hydrogens is 373 g/mol. The highest BCUT2D eigenvalue weighted by atomic mass is 32.2. The van der Waals surface area contributed by atoms with E-state index in [0.717, 1.165) is 28.0 Å². The Morgan fingerprint density at radius 3 is 2.74 bits per heavy atom. The molecule has 0 spiro atoms. The molecule has 0 bridgehead atoms. The summed E-state index contributed by atoms with van der Waals surface area (Å²) in [6.07, 6.45) is 2.31. The van der Waals surface area contributed by atoms with Crippen molar-refractivity contribution in [2.45, 2.75) is 43.7 Å². The first-order chi connectivity index (χ1) is 12.7. The number of nitrogens with one attached hydrogen (secondary N) is 2. The van der Waals surface area contributed by atoms with Gasteiger partial charge in [0.05, 0.1) is 11.3 Å². The number of pyridine rings is 1. The Bertz CT molecular complexity index is 838. The van der Waals surface area contributed by atoms with Crippen molar-refractivity contribution in [2.24, 2.45) is 0 Å². The van der Waals surface area contributed by atoms with Crippen LogP contribution in [-0.4, -0.2) is 40.2 Å². The van der Waals surface area contributed by atoms with E-state index in [1.807, 2.05) is 13.1 Å². The van der Waals surface area contributed by atoms with Gasteiger partial charge < -0.3 is 0 Å². The number of allylic oxidation sites excluding steroid dienone is 1. The Kier molecular flexibility index (Phi) is 5.58. The minimum Gasteiger partial charge on any atom is -0.283 e. The van der Waals surface area contributed by atoms with Crippen LogP contribution in [0.15, 0.2) is 35.0 Å². The summed E-state index contributed by atoms with van der Waals surface area (Å²) >= 11 is 0. The quantitative estimate of drug-likeness (QED) is 0.710. The van der Waals surface area contributed by atoms with Crippen LogP contribution in [-0.2, 0) is 0 Å². The predicted octanol–water partition coefficient (Wildman–Crippen LogP) is 4.69. The molecule has 1 aromatic heterocycles. The lowest BCUT2D eigenvalue weighted by Gasteiger charge is -2.28. The Morgan fingerprint density at radius 2 is 2.19 bits per heavy atom. The van der Waals surface area contributed by atoms with Gasteiger partial charge in [0.1, 0.15) is 5.84 Å². The van der Waals surface area contributed by atoms with Gasteiger partial charge >= 0.3 is 6.18 Å². The summed E-state index contributed by atoms with van der Waals surface area (Å²) in [6.45, 7) is 3.56. The monoisotopic (exact) mass is 396 g/mol. The van der Waals surface area contributed by atoms with E-state index < -0.39 is 11.7 Å². The molecule has 2 N–H and O–H groups in total. The second kappa shape index (κ2) is 7.59. The molecule has 3 rings (SSSR count). The second-order valence-electron chi connectivity index (χ2n) is 6.74. The van der Waals surface area contributed by atoms with E-state index in [0.29, 0.717) is 5.92 Å². The van der Waals surface area contributed by atoms with Gasteiger partial charge in [-0.2, -0.15) is 23.7 Å². The lowest BCUT2D eigenvalue weighted by atomic mass is 10.1. The van der Waals surface area contributed by atoms with E-state index in [1.54, 1.807) is 6.20 Å². The van der Waals surface area contributed by atoms with Crippen LogP contribution in [0.5, 0.6) is 0 Å². The predicted molar refractivity (Wildman–Crippen MR) is 105 cm³/mol. The Labute approximate surface area is 159 Å². The SMILES string of the molecule is C=S(CC)c1cc(C2CC2)cnc1/C(C)=C/N1NCC(C(F)(F)F)=CC1=N. The topological polar surface area (TPSA) is 52.0 Å². The molecule has 1 aliphatic heterocycles. The first kappa shape index (κ1) is 19.8. The minimum atomic E-state index is -4.43. The zero-order valence-electron chi connectivity index (χ0n) is 15.4. The summed E-state index contributed by atoms with van der Waals surface area (Å²) in [4.78, 5) is 5.71. The standard InChI is InChI=1S/C19H23F3N4S/c1-4-27(3)16-7-14(13-5-6-13)9-24-18(16)12(2)11-26-17(23)8-15(10-25-26)19(20,21)22/h7-9,11,13,23,25H,3-6,10H2,1-2H3/b12-11+,23-17?. The highest BCUT2D eigenvalue weighted by Crippen LogP contribution is 2.42.